The highest BCUT2D eigenvalue weighted by Crippen LogP contribution is 2.20. The molecule has 0 bridgehead atoms. The zero-order valence-corrected chi connectivity index (χ0v) is 11.4. The number of nitrogen functional groups attached to an aromatic ring is 1. The van der Waals surface area contributed by atoms with Gasteiger partial charge in [0.05, 0.1) is 12.2 Å². The molecule has 2 N–H and O–H groups in total. The monoisotopic (exact) mass is 284 g/mol. The number of halogens is 2. The second-order valence-electron chi connectivity index (χ2n) is 5.12. The maximum Gasteiger partial charge on any atom is 0.255 e. The van der Waals surface area contributed by atoms with Crippen molar-refractivity contribution in [2.75, 3.05) is 32.5 Å². The number of hydrogen-bond acceptors (Lipinski definition) is 3. The number of carbonyl (C=O) groups is 1. The third kappa shape index (κ3) is 3.25. The van der Waals surface area contributed by atoms with Crippen molar-refractivity contribution in [3.8, 4) is 0 Å². The Balaban J connectivity index is 2.08. The first-order valence-electron chi connectivity index (χ1n) is 6.56. The molecule has 0 aliphatic carbocycles. The van der Waals surface area contributed by atoms with Gasteiger partial charge in [0.25, 0.3) is 5.91 Å². The molecule has 1 amide bonds. The third-order valence-corrected chi connectivity index (χ3v) is 3.46. The first-order chi connectivity index (χ1) is 9.49. The smallest absolute Gasteiger partial charge is 0.255 e. The van der Waals surface area contributed by atoms with Crippen molar-refractivity contribution in [1.82, 2.24) is 4.90 Å². The molecule has 4 nitrogen and oxygen atoms in total. The molecule has 1 fully saturated rings. The van der Waals surface area contributed by atoms with Crippen LogP contribution in [0.1, 0.15) is 23.2 Å². The second kappa shape index (κ2) is 6.17. The van der Waals surface area contributed by atoms with E-state index in [1.165, 1.54) is 4.90 Å². The maximum absolute atomic E-state index is 13.2. The van der Waals surface area contributed by atoms with Gasteiger partial charge in [-0.15, -0.1) is 0 Å². The van der Waals surface area contributed by atoms with Gasteiger partial charge in [0.1, 0.15) is 0 Å². The lowest BCUT2D eigenvalue weighted by Gasteiger charge is -2.27. The molecule has 2 rings (SSSR count). The summed E-state index contributed by atoms with van der Waals surface area (Å²) in [6.45, 7) is 1.88. The van der Waals surface area contributed by atoms with Gasteiger partial charge in [-0.2, -0.15) is 0 Å². The Morgan fingerprint density at radius 3 is 2.80 bits per heavy atom. The van der Waals surface area contributed by atoms with Crippen LogP contribution < -0.4 is 5.73 Å². The maximum atomic E-state index is 13.2. The molecular formula is C14H18F2N2O2. The van der Waals surface area contributed by atoms with Crippen LogP contribution in [0.5, 0.6) is 0 Å². The predicted molar refractivity (Wildman–Crippen MR) is 71.3 cm³/mol. The van der Waals surface area contributed by atoms with Crippen molar-refractivity contribution < 1.29 is 18.3 Å². The molecule has 1 aromatic rings. The first kappa shape index (κ1) is 14.7. The van der Waals surface area contributed by atoms with Crippen molar-refractivity contribution in [3.63, 3.8) is 0 Å². The molecule has 0 radical (unpaired) electrons. The summed E-state index contributed by atoms with van der Waals surface area (Å²) in [7, 11) is 1.62. The summed E-state index contributed by atoms with van der Waals surface area (Å²) in [4.78, 5) is 13.7. The molecule has 6 heteroatoms. The normalized spacial score (nSPS) is 18.9. The zero-order chi connectivity index (χ0) is 14.7. The molecule has 0 spiro atoms. The summed E-state index contributed by atoms with van der Waals surface area (Å²) in [5, 5.41) is 0. The van der Waals surface area contributed by atoms with Gasteiger partial charge in [0.2, 0.25) is 0 Å². The van der Waals surface area contributed by atoms with Crippen molar-refractivity contribution in [2.24, 2.45) is 5.92 Å². The minimum Gasteiger partial charge on any atom is -0.398 e. The van der Waals surface area contributed by atoms with E-state index in [0.29, 0.717) is 13.2 Å². The van der Waals surface area contributed by atoms with Crippen LogP contribution >= 0.6 is 0 Å². The molecule has 0 aromatic heterocycles. The lowest BCUT2D eigenvalue weighted by Crippen LogP contribution is -2.35. The van der Waals surface area contributed by atoms with Crippen LogP contribution in [-0.2, 0) is 4.74 Å². The first-order valence-corrected chi connectivity index (χ1v) is 6.56. The Bertz CT molecular complexity index is 502. The highest BCUT2D eigenvalue weighted by Gasteiger charge is 2.22. The zero-order valence-electron chi connectivity index (χ0n) is 11.4. The van der Waals surface area contributed by atoms with Crippen molar-refractivity contribution >= 4 is 11.6 Å². The Kier molecular flexibility index (Phi) is 4.54. The summed E-state index contributed by atoms with van der Waals surface area (Å²) in [6.07, 6.45) is 1.96. The van der Waals surface area contributed by atoms with Gasteiger partial charge in [-0.05, 0) is 24.8 Å². The fraction of sp³-hybridized carbons (Fsp3) is 0.500. The average Bonchev–Trinajstić information content (AvgIpc) is 2.43. The minimum absolute atomic E-state index is 0.0110. The molecule has 110 valence electrons. The van der Waals surface area contributed by atoms with E-state index in [4.69, 9.17) is 10.5 Å². The number of nitrogens with two attached hydrogens (primary N) is 1. The number of rotatable bonds is 3. The molecule has 1 aliphatic heterocycles. The molecule has 1 aliphatic rings. The van der Waals surface area contributed by atoms with Gasteiger partial charge in [-0.25, -0.2) is 8.78 Å². The number of anilines is 1. The van der Waals surface area contributed by atoms with Gasteiger partial charge in [-0.3, -0.25) is 4.79 Å². The van der Waals surface area contributed by atoms with Crippen molar-refractivity contribution in [1.29, 1.82) is 0 Å². The minimum atomic E-state index is -1.07. The molecule has 1 saturated heterocycles. The number of amides is 1. The number of carbonyl (C=O) groups excluding carboxylic acids is 1. The van der Waals surface area contributed by atoms with E-state index in [-0.39, 0.29) is 17.2 Å². The van der Waals surface area contributed by atoms with Crippen LogP contribution in [0.4, 0.5) is 14.5 Å². The standard InChI is InChI=1S/C14H18F2N2O2/c1-18(7-9-3-2-4-20-8-9)14(19)10-5-11(15)12(16)6-13(10)17/h5-6,9H,2-4,7-8,17H2,1H3. The molecular weight excluding hydrogens is 266 g/mol. The molecule has 1 heterocycles. The average molecular weight is 284 g/mol. The summed E-state index contributed by atoms with van der Waals surface area (Å²) in [6, 6.07) is 1.68. The number of benzene rings is 1. The van der Waals surface area contributed by atoms with Crippen LogP contribution in [0.15, 0.2) is 12.1 Å². The lowest BCUT2D eigenvalue weighted by molar-refractivity contribution is 0.0388. The molecule has 0 saturated carbocycles. The van der Waals surface area contributed by atoms with Crippen molar-refractivity contribution in [2.45, 2.75) is 12.8 Å². The number of ether oxygens (including phenoxy) is 1. The Morgan fingerprint density at radius 1 is 1.45 bits per heavy atom. The Morgan fingerprint density at radius 2 is 2.15 bits per heavy atom. The van der Waals surface area contributed by atoms with Crippen LogP contribution in [0, 0.1) is 17.6 Å². The van der Waals surface area contributed by atoms with Crippen LogP contribution in [0.25, 0.3) is 0 Å². The predicted octanol–water partition coefficient (Wildman–Crippen LogP) is 2.05. The van der Waals surface area contributed by atoms with Gasteiger partial charge < -0.3 is 15.4 Å². The summed E-state index contributed by atoms with van der Waals surface area (Å²) in [5.41, 5.74) is 5.52. The Labute approximate surface area is 116 Å². The van der Waals surface area contributed by atoms with Crippen molar-refractivity contribution in [3.05, 3.63) is 29.3 Å². The lowest BCUT2D eigenvalue weighted by atomic mass is 10.0. The molecule has 1 unspecified atom stereocenters. The molecule has 1 aromatic carbocycles. The van der Waals surface area contributed by atoms with E-state index in [9.17, 15) is 13.6 Å². The molecule has 20 heavy (non-hydrogen) atoms. The van der Waals surface area contributed by atoms with Crippen LogP contribution in [0.2, 0.25) is 0 Å². The quantitative estimate of drug-likeness (QED) is 0.864. The summed E-state index contributed by atoms with van der Waals surface area (Å²) < 4.78 is 31.6. The van der Waals surface area contributed by atoms with E-state index >= 15 is 0 Å². The second-order valence-corrected chi connectivity index (χ2v) is 5.12. The SMILES string of the molecule is CN(CC1CCCOC1)C(=O)c1cc(F)c(F)cc1N. The third-order valence-electron chi connectivity index (χ3n) is 3.46. The largest absolute Gasteiger partial charge is 0.398 e. The summed E-state index contributed by atoms with van der Waals surface area (Å²) >= 11 is 0. The van der Waals surface area contributed by atoms with Gasteiger partial charge in [-0.1, -0.05) is 0 Å². The molecule has 1 atom stereocenters. The van der Waals surface area contributed by atoms with Crippen LogP contribution in [-0.4, -0.2) is 37.6 Å². The highest BCUT2D eigenvalue weighted by molar-refractivity contribution is 5.99. The van der Waals surface area contributed by atoms with E-state index in [1.54, 1.807) is 7.05 Å². The van der Waals surface area contributed by atoms with Crippen LogP contribution in [0.3, 0.4) is 0 Å². The van der Waals surface area contributed by atoms with E-state index in [0.717, 1.165) is 31.6 Å². The fourth-order valence-corrected chi connectivity index (χ4v) is 2.37. The van der Waals surface area contributed by atoms with Gasteiger partial charge in [0, 0.05) is 32.0 Å². The van der Waals surface area contributed by atoms with E-state index in [2.05, 4.69) is 0 Å². The van der Waals surface area contributed by atoms with Gasteiger partial charge in [0.15, 0.2) is 11.6 Å². The topological polar surface area (TPSA) is 55.6 Å². The van der Waals surface area contributed by atoms with Gasteiger partial charge >= 0.3 is 0 Å². The summed E-state index contributed by atoms with van der Waals surface area (Å²) in [5.74, 6) is -2.27. The number of hydrogen-bond donors (Lipinski definition) is 1. The highest BCUT2D eigenvalue weighted by atomic mass is 19.2. The van der Waals surface area contributed by atoms with E-state index in [1.807, 2.05) is 0 Å². The van der Waals surface area contributed by atoms with E-state index < -0.39 is 17.5 Å². The number of nitrogens with zero attached hydrogens (tertiary/aromatic N) is 1. The fourth-order valence-electron chi connectivity index (χ4n) is 2.37. The Hall–Kier alpha value is -1.69.